The summed E-state index contributed by atoms with van der Waals surface area (Å²) in [5, 5.41) is 3.26. The average Bonchev–Trinajstić information content (AvgIpc) is 2.85. The van der Waals surface area contributed by atoms with Gasteiger partial charge in [0.15, 0.2) is 0 Å². The molecule has 0 spiro atoms. The second-order valence-corrected chi connectivity index (χ2v) is 11.1. The maximum absolute atomic E-state index is 13.7. The largest absolute Gasteiger partial charge is 0.352 e. The minimum atomic E-state index is -4.25. The fourth-order valence-corrected chi connectivity index (χ4v) is 5.30. The molecule has 1 N–H and O–H groups in total. The number of amides is 2. The number of sulfonamides is 1. The molecule has 0 heterocycles. The maximum Gasteiger partial charge on any atom is 0.264 e. The average molecular weight is 546 g/mol. The van der Waals surface area contributed by atoms with E-state index in [4.69, 9.17) is 11.6 Å². The Balaban J connectivity index is 2.00. The van der Waals surface area contributed by atoms with Crippen molar-refractivity contribution in [2.75, 3.05) is 10.8 Å². The molecule has 37 heavy (non-hydrogen) atoms. The molecule has 0 aliphatic rings. The van der Waals surface area contributed by atoms with Crippen molar-refractivity contribution in [2.24, 2.45) is 0 Å². The highest BCUT2D eigenvalue weighted by atomic mass is 35.5. The lowest BCUT2D eigenvalue weighted by atomic mass is 10.1. The lowest BCUT2D eigenvalue weighted by Crippen LogP contribution is -2.52. The molecule has 1 atom stereocenters. The van der Waals surface area contributed by atoms with E-state index < -0.39 is 34.3 Å². The Kier molecular flexibility index (Phi) is 9.29. The molecule has 1 unspecified atom stereocenters. The van der Waals surface area contributed by atoms with E-state index in [9.17, 15) is 22.4 Å². The molecular formula is C27H29ClFN3O4S. The molecule has 0 saturated carbocycles. The topological polar surface area (TPSA) is 86.8 Å². The molecule has 0 aliphatic heterocycles. The fraction of sp³-hybridized carbons (Fsp3) is 0.259. The van der Waals surface area contributed by atoms with Crippen molar-refractivity contribution >= 4 is 39.1 Å². The number of nitrogens with zero attached hydrogens (tertiary/aromatic N) is 2. The smallest absolute Gasteiger partial charge is 0.264 e. The van der Waals surface area contributed by atoms with E-state index >= 15 is 0 Å². The third-order valence-electron chi connectivity index (χ3n) is 5.56. The van der Waals surface area contributed by atoms with Crippen LogP contribution >= 0.6 is 11.6 Å². The minimum absolute atomic E-state index is 0.0330. The molecule has 3 aromatic rings. The zero-order chi connectivity index (χ0) is 27.2. The molecule has 3 aromatic carbocycles. The van der Waals surface area contributed by atoms with E-state index in [1.807, 2.05) is 0 Å². The molecule has 196 valence electrons. The van der Waals surface area contributed by atoms with Gasteiger partial charge in [-0.15, -0.1) is 0 Å². The van der Waals surface area contributed by atoms with Crippen molar-refractivity contribution in [1.82, 2.24) is 10.2 Å². The summed E-state index contributed by atoms with van der Waals surface area (Å²) in [5.41, 5.74) is 0.930. The van der Waals surface area contributed by atoms with Crippen LogP contribution in [0.1, 0.15) is 26.3 Å². The lowest BCUT2D eigenvalue weighted by molar-refractivity contribution is -0.139. The van der Waals surface area contributed by atoms with Gasteiger partial charge in [-0.05, 0) is 74.9 Å². The van der Waals surface area contributed by atoms with Gasteiger partial charge in [-0.1, -0.05) is 41.9 Å². The zero-order valence-corrected chi connectivity index (χ0v) is 22.3. The summed E-state index contributed by atoms with van der Waals surface area (Å²) >= 11 is 6.13. The first kappa shape index (κ1) is 28.1. The number of halogens is 2. The van der Waals surface area contributed by atoms with Crippen molar-refractivity contribution in [3.8, 4) is 0 Å². The summed E-state index contributed by atoms with van der Waals surface area (Å²) in [6.45, 7) is 4.65. The summed E-state index contributed by atoms with van der Waals surface area (Å²) < 4.78 is 41.6. The Bertz CT molecular complexity index is 1340. The first-order valence-electron chi connectivity index (χ1n) is 11.7. The zero-order valence-electron chi connectivity index (χ0n) is 20.8. The third kappa shape index (κ3) is 7.30. The number of benzene rings is 3. The molecule has 10 heteroatoms. The Labute approximate surface area is 221 Å². The van der Waals surface area contributed by atoms with E-state index in [2.05, 4.69) is 5.32 Å². The number of hydrogen-bond donors (Lipinski definition) is 1. The van der Waals surface area contributed by atoms with Crippen LogP contribution in [0.2, 0.25) is 5.02 Å². The summed E-state index contributed by atoms with van der Waals surface area (Å²) in [6, 6.07) is 18.3. The van der Waals surface area contributed by atoms with Gasteiger partial charge in [-0.25, -0.2) is 12.8 Å². The quantitative estimate of drug-likeness (QED) is 0.403. The van der Waals surface area contributed by atoms with E-state index in [1.165, 1.54) is 4.90 Å². The summed E-state index contributed by atoms with van der Waals surface area (Å²) in [7, 11) is -4.25. The Morgan fingerprint density at radius 2 is 1.59 bits per heavy atom. The highest BCUT2D eigenvalue weighted by Crippen LogP contribution is 2.25. The molecule has 0 bridgehead atoms. The number of rotatable bonds is 10. The first-order chi connectivity index (χ1) is 17.5. The highest BCUT2D eigenvalue weighted by Gasteiger charge is 2.32. The van der Waals surface area contributed by atoms with Crippen LogP contribution in [0.3, 0.4) is 0 Å². The van der Waals surface area contributed by atoms with E-state index in [1.54, 1.807) is 75.4 Å². The molecule has 2 amide bonds. The lowest BCUT2D eigenvalue weighted by Gasteiger charge is -2.32. The fourth-order valence-electron chi connectivity index (χ4n) is 3.68. The Morgan fingerprint density at radius 3 is 2.19 bits per heavy atom. The molecule has 0 aromatic heterocycles. The van der Waals surface area contributed by atoms with Crippen LogP contribution in [-0.2, 0) is 26.2 Å². The third-order valence-corrected chi connectivity index (χ3v) is 7.59. The standard InChI is InChI=1S/C27H29ClFN3O4S/c1-19(2)30-27(34)20(3)31(17-21-8-7-9-22(28)16-21)26(33)18-32(24-10-5-4-6-11-24)37(35,36)25-14-12-23(29)13-15-25/h4-16,19-20H,17-18H2,1-3H3,(H,30,34). The van der Waals surface area contributed by atoms with E-state index in [0.717, 1.165) is 28.6 Å². The molecular weight excluding hydrogens is 517 g/mol. The summed E-state index contributed by atoms with van der Waals surface area (Å²) in [6.07, 6.45) is 0. The highest BCUT2D eigenvalue weighted by molar-refractivity contribution is 7.92. The van der Waals surface area contributed by atoms with Crippen molar-refractivity contribution in [1.29, 1.82) is 0 Å². The maximum atomic E-state index is 13.7. The van der Waals surface area contributed by atoms with Gasteiger partial charge >= 0.3 is 0 Å². The number of hydrogen-bond acceptors (Lipinski definition) is 4. The van der Waals surface area contributed by atoms with Gasteiger partial charge in [0.05, 0.1) is 10.6 Å². The number of nitrogens with one attached hydrogen (secondary N) is 1. The van der Waals surface area contributed by atoms with Gasteiger partial charge in [0.25, 0.3) is 10.0 Å². The Hall–Kier alpha value is -3.43. The number of para-hydroxylation sites is 1. The van der Waals surface area contributed by atoms with Crippen LogP contribution in [0, 0.1) is 5.82 Å². The predicted molar refractivity (Wildman–Crippen MR) is 142 cm³/mol. The molecule has 7 nitrogen and oxygen atoms in total. The first-order valence-corrected chi connectivity index (χ1v) is 13.5. The SMILES string of the molecule is CC(C)NC(=O)C(C)N(Cc1cccc(Cl)c1)C(=O)CN(c1ccccc1)S(=O)(=O)c1ccc(F)cc1. The number of carbonyl (C=O) groups is 2. The van der Waals surface area contributed by atoms with Crippen molar-refractivity contribution in [3.63, 3.8) is 0 Å². The van der Waals surface area contributed by atoms with Crippen molar-refractivity contribution < 1.29 is 22.4 Å². The van der Waals surface area contributed by atoms with Gasteiger partial charge in [0.1, 0.15) is 18.4 Å². The van der Waals surface area contributed by atoms with Gasteiger partial charge in [0.2, 0.25) is 11.8 Å². The monoisotopic (exact) mass is 545 g/mol. The van der Waals surface area contributed by atoms with Gasteiger partial charge < -0.3 is 10.2 Å². The second-order valence-electron chi connectivity index (χ2n) is 8.79. The normalized spacial score (nSPS) is 12.2. The van der Waals surface area contributed by atoms with Crippen molar-refractivity contribution in [3.05, 3.63) is 95.3 Å². The van der Waals surface area contributed by atoms with Gasteiger partial charge in [0, 0.05) is 17.6 Å². The van der Waals surface area contributed by atoms with Crippen LogP contribution in [-0.4, -0.2) is 43.8 Å². The minimum Gasteiger partial charge on any atom is -0.352 e. The van der Waals surface area contributed by atoms with Crippen LogP contribution < -0.4 is 9.62 Å². The molecule has 0 fully saturated rings. The van der Waals surface area contributed by atoms with Crippen LogP contribution in [0.4, 0.5) is 10.1 Å². The predicted octanol–water partition coefficient (Wildman–Crippen LogP) is 4.62. The van der Waals surface area contributed by atoms with Gasteiger partial charge in [-0.2, -0.15) is 0 Å². The molecule has 3 rings (SSSR count). The van der Waals surface area contributed by atoms with E-state index in [-0.39, 0.29) is 29.1 Å². The summed E-state index contributed by atoms with van der Waals surface area (Å²) in [4.78, 5) is 27.7. The van der Waals surface area contributed by atoms with Crippen LogP contribution in [0.25, 0.3) is 0 Å². The van der Waals surface area contributed by atoms with E-state index in [0.29, 0.717) is 10.6 Å². The molecule has 0 saturated heterocycles. The van der Waals surface area contributed by atoms with Gasteiger partial charge in [-0.3, -0.25) is 13.9 Å². The molecule has 0 radical (unpaired) electrons. The van der Waals surface area contributed by atoms with Crippen LogP contribution in [0.15, 0.2) is 83.8 Å². The number of carbonyl (C=O) groups excluding carboxylic acids is 2. The van der Waals surface area contributed by atoms with Crippen LogP contribution in [0.5, 0.6) is 0 Å². The Morgan fingerprint density at radius 1 is 0.946 bits per heavy atom. The summed E-state index contributed by atoms with van der Waals surface area (Å²) in [5.74, 6) is -1.56. The number of anilines is 1. The van der Waals surface area contributed by atoms with Crippen molar-refractivity contribution in [2.45, 2.75) is 44.3 Å². The second kappa shape index (κ2) is 12.2. The molecule has 0 aliphatic carbocycles.